The van der Waals surface area contributed by atoms with Crippen LogP contribution in [-0.4, -0.2) is 24.2 Å². The molecule has 0 bridgehead atoms. The molecule has 30 heavy (non-hydrogen) atoms. The zero-order valence-corrected chi connectivity index (χ0v) is 16.2. The van der Waals surface area contributed by atoms with Crippen molar-refractivity contribution in [2.75, 3.05) is 6.26 Å². The van der Waals surface area contributed by atoms with Crippen LogP contribution in [0.25, 0.3) is 33.3 Å². The molecule has 0 saturated heterocycles. The molecule has 11 heteroatoms. The molecule has 4 aromatic rings. The maximum Gasteiger partial charge on any atom is 0.449 e. The Morgan fingerprint density at radius 1 is 1.10 bits per heavy atom. The van der Waals surface area contributed by atoms with Crippen molar-refractivity contribution < 1.29 is 30.4 Å². The fourth-order valence-corrected chi connectivity index (χ4v) is 3.83. The molecule has 0 aliphatic heterocycles. The van der Waals surface area contributed by atoms with Gasteiger partial charge >= 0.3 is 6.18 Å². The smallest absolute Gasteiger partial charge is 0.449 e. The Labute approximate surface area is 166 Å². The fraction of sp³-hybridized carbons (Fsp3) is 0.158. The van der Waals surface area contributed by atoms with Gasteiger partial charge in [0.2, 0.25) is 5.82 Å². The summed E-state index contributed by atoms with van der Waals surface area (Å²) in [6, 6.07) is 7.25. The van der Waals surface area contributed by atoms with Crippen molar-refractivity contribution in [1.29, 1.82) is 0 Å². The Morgan fingerprint density at radius 3 is 2.30 bits per heavy atom. The van der Waals surface area contributed by atoms with Gasteiger partial charge in [-0.2, -0.15) is 13.2 Å². The molecular weight excluding hydrogens is 428 g/mol. The number of halogens is 4. The molecule has 0 radical (unpaired) electrons. The van der Waals surface area contributed by atoms with Crippen molar-refractivity contribution >= 4 is 31.8 Å². The van der Waals surface area contributed by atoms with Gasteiger partial charge in [0.15, 0.2) is 26.7 Å². The summed E-state index contributed by atoms with van der Waals surface area (Å²) in [5, 5.41) is -0.242. The summed E-state index contributed by atoms with van der Waals surface area (Å²) in [7, 11) is -2.40. The first kappa shape index (κ1) is 20.1. The fourth-order valence-electron chi connectivity index (χ4n) is 3.20. The number of benzene rings is 2. The van der Waals surface area contributed by atoms with Crippen molar-refractivity contribution in [3.63, 3.8) is 0 Å². The normalized spacial score (nSPS) is 12.7. The van der Waals surface area contributed by atoms with E-state index in [0.717, 1.165) is 25.4 Å². The van der Waals surface area contributed by atoms with Gasteiger partial charge in [-0.1, -0.05) is 0 Å². The number of hydrogen-bond acceptors (Lipinski definition) is 5. The number of rotatable bonds is 2. The molecule has 0 amide bonds. The number of imidazole rings is 1. The Kier molecular flexibility index (Phi) is 4.28. The number of aryl methyl sites for hydroxylation is 1. The maximum absolute atomic E-state index is 14.4. The highest BCUT2D eigenvalue weighted by molar-refractivity contribution is 7.90. The van der Waals surface area contributed by atoms with Gasteiger partial charge in [-0.3, -0.25) is 4.79 Å². The van der Waals surface area contributed by atoms with Gasteiger partial charge in [-0.05, 0) is 30.3 Å². The highest BCUT2D eigenvalue weighted by Crippen LogP contribution is 2.35. The van der Waals surface area contributed by atoms with Crippen molar-refractivity contribution in [1.82, 2.24) is 9.55 Å². The Hall–Kier alpha value is -3.21. The summed E-state index contributed by atoms with van der Waals surface area (Å²) in [5.41, 5.74) is -1.51. The second kappa shape index (κ2) is 6.39. The van der Waals surface area contributed by atoms with E-state index in [1.54, 1.807) is 0 Å². The minimum Gasteiger partial charge on any atom is -0.454 e. The highest BCUT2D eigenvalue weighted by atomic mass is 32.2. The van der Waals surface area contributed by atoms with Gasteiger partial charge in [0, 0.05) is 24.9 Å². The van der Waals surface area contributed by atoms with E-state index in [4.69, 9.17) is 4.42 Å². The topological polar surface area (TPSA) is 82.2 Å². The van der Waals surface area contributed by atoms with Crippen LogP contribution in [0.4, 0.5) is 17.6 Å². The predicted octanol–water partition coefficient (Wildman–Crippen LogP) is 3.91. The molecule has 2 aromatic carbocycles. The van der Waals surface area contributed by atoms with Gasteiger partial charge < -0.3 is 8.98 Å². The lowest BCUT2D eigenvalue weighted by atomic mass is 10.1. The predicted molar refractivity (Wildman–Crippen MR) is 100 cm³/mol. The Morgan fingerprint density at radius 2 is 1.73 bits per heavy atom. The summed E-state index contributed by atoms with van der Waals surface area (Å²) >= 11 is 0. The Balaban J connectivity index is 2.03. The number of alkyl halides is 3. The van der Waals surface area contributed by atoms with Crippen LogP contribution >= 0.6 is 0 Å². The van der Waals surface area contributed by atoms with E-state index in [0.29, 0.717) is 10.1 Å². The third-order valence-corrected chi connectivity index (χ3v) is 5.74. The van der Waals surface area contributed by atoms with Gasteiger partial charge in [-0.15, -0.1) is 0 Å². The van der Waals surface area contributed by atoms with Gasteiger partial charge in [-0.25, -0.2) is 17.8 Å². The first-order valence-electron chi connectivity index (χ1n) is 8.38. The zero-order valence-electron chi connectivity index (χ0n) is 15.4. The lowest BCUT2D eigenvalue weighted by molar-refractivity contribution is -0.146. The van der Waals surface area contributed by atoms with E-state index in [9.17, 15) is 30.8 Å². The highest BCUT2D eigenvalue weighted by Gasteiger charge is 2.38. The summed E-state index contributed by atoms with van der Waals surface area (Å²) in [6.07, 6.45) is -3.81. The first-order valence-corrected chi connectivity index (χ1v) is 10.3. The van der Waals surface area contributed by atoms with Gasteiger partial charge in [0.05, 0.1) is 10.3 Å². The van der Waals surface area contributed by atoms with Crippen LogP contribution in [0.2, 0.25) is 0 Å². The van der Waals surface area contributed by atoms with Crippen LogP contribution in [0.1, 0.15) is 5.82 Å². The SMILES string of the molecule is Cn1c(C(F)(F)F)nc2c(F)cc3c(=O)cc(-c4ccc(S(C)(=O)=O)cc4)oc3c21. The summed E-state index contributed by atoms with van der Waals surface area (Å²) in [6.45, 7) is 0. The van der Waals surface area contributed by atoms with Crippen LogP contribution in [0.3, 0.4) is 0 Å². The molecule has 2 heterocycles. The standard InChI is InChI=1S/C19H12F4N2O4S/c1-25-16-15(24-18(25)19(21,22)23)12(20)7-11-13(26)8-14(29-17(11)16)9-3-5-10(6-4-9)30(2,27)28/h3-8H,1-2H3. The van der Waals surface area contributed by atoms with Crippen LogP contribution in [0, 0.1) is 5.82 Å². The van der Waals surface area contributed by atoms with Gasteiger partial charge in [0.1, 0.15) is 16.8 Å². The quantitative estimate of drug-likeness (QED) is 0.442. The molecule has 0 unspecified atom stereocenters. The molecule has 0 atom stereocenters. The zero-order chi connectivity index (χ0) is 22.0. The van der Waals surface area contributed by atoms with Crippen LogP contribution in [-0.2, 0) is 23.1 Å². The van der Waals surface area contributed by atoms with E-state index in [1.807, 2.05) is 0 Å². The number of aromatic nitrogens is 2. The second-order valence-corrected chi connectivity index (χ2v) is 8.71. The average Bonchev–Trinajstić information content (AvgIpc) is 3.01. The van der Waals surface area contributed by atoms with E-state index >= 15 is 0 Å². The largest absolute Gasteiger partial charge is 0.454 e. The van der Waals surface area contributed by atoms with Crippen molar-refractivity contribution in [3.05, 3.63) is 58.3 Å². The van der Waals surface area contributed by atoms with Crippen LogP contribution < -0.4 is 5.43 Å². The summed E-state index contributed by atoms with van der Waals surface area (Å²) in [4.78, 5) is 15.9. The molecule has 0 aliphatic carbocycles. The monoisotopic (exact) mass is 440 g/mol. The third-order valence-electron chi connectivity index (χ3n) is 4.61. The van der Waals surface area contributed by atoms with E-state index < -0.39 is 38.6 Å². The van der Waals surface area contributed by atoms with E-state index in [2.05, 4.69) is 4.98 Å². The second-order valence-electron chi connectivity index (χ2n) is 6.70. The molecule has 4 rings (SSSR count). The molecule has 6 nitrogen and oxygen atoms in total. The molecule has 2 aromatic heterocycles. The molecule has 0 saturated carbocycles. The minimum atomic E-state index is -4.84. The van der Waals surface area contributed by atoms with Gasteiger partial charge in [0.25, 0.3) is 0 Å². The Bertz CT molecular complexity index is 1480. The third kappa shape index (κ3) is 3.15. The van der Waals surface area contributed by atoms with Crippen molar-refractivity contribution in [2.45, 2.75) is 11.1 Å². The minimum absolute atomic E-state index is 0.0183. The number of fused-ring (bicyclic) bond motifs is 3. The van der Waals surface area contributed by atoms with E-state index in [-0.39, 0.29) is 27.1 Å². The molecule has 0 N–H and O–H groups in total. The van der Waals surface area contributed by atoms with Crippen molar-refractivity contribution in [2.24, 2.45) is 7.05 Å². The molecule has 0 fully saturated rings. The molecular formula is C19H12F4N2O4S. The summed E-state index contributed by atoms with van der Waals surface area (Å²) in [5.74, 6) is -2.44. The van der Waals surface area contributed by atoms with Crippen LogP contribution in [0.15, 0.2) is 50.5 Å². The van der Waals surface area contributed by atoms with Crippen LogP contribution in [0.5, 0.6) is 0 Å². The maximum atomic E-state index is 14.4. The average molecular weight is 440 g/mol. The lowest BCUT2D eigenvalue weighted by Gasteiger charge is -2.08. The summed E-state index contributed by atoms with van der Waals surface area (Å²) < 4.78 is 83.6. The number of nitrogens with zero attached hydrogens (tertiary/aromatic N) is 2. The molecule has 0 aliphatic rings. The first-order chi connectivity index (χ1) is 13.9. The van der Waals surface area contributed by atoms with Crippen molar-refractivity contribution in [3.8, 4) is 11.3 Å². The lowest BCUT2D eigenvalue weighted by Crippen LogP contribution is -2.12. The number of sulfone groups is 1. The molecule has 0 spiro atoms. The van der Waals surface area contributed by atoms with E-state index in [1.165, 1.54) is 24.3 Å². The molecule has 156 valence electrons. The number of hydrogen-bond donors (Lipinski definition) is 0.